The number of carbonyl (C=O) groups excluding carboxylic acids is 1. The van der Waals surface area contributed by atoms with Crippen LogP contribution in [0.15, 0.2) is 11.2 Å². The lowest BCUT2D eigenvalue weighted by Gasteiger charge is -2.13. The Bertz CT molecular complexity index is 553. The first-order valence-electron chi connectivity index (χ1n) is 9.28. The third kappa shape index (κ3) is 7.42. The van der Waals surface area contributed by atoms with Gasteiger partial charge in [-0.25, -0.2) is 4.98 Å². The van der Waals surface area contributed by atoms with E-state index in [-0.39, 0.29) is 12.1 Å². The Balaban J connectivity index is 1.54. The van der Waals surface area contributed by atoms with Crippen LogP contribution < -0.4 is 10.6 Å². The Hall–Kier alpha value is -1.63. The molecule has 1 aromatic rings. The fraction of sp³-hybridized carbons (Fsp3) is 0.722. The molecule has 0 spiro atoms. The Labute approximate surface area is 154 Å². The van der Waals surface area contributed by atoms with Gasteiger partial charge in [-0.1, -0.05) is 6.92 Å². The van der Waals surface area contributed by atoms with Crippen molar-refractivity contribution in [1.82, 2.24) is 15.6 Å². The number of nitrogens with zero attached hydrogens (tertiary/aromatic N) is 2. The van der Waals surface area contributed by atoms with Crippen LogP contribution in [-0.4, -0.2) is 43.2 Å². The molecule has 1 aliphatic rings. The van der Waals surface area contributed by atoms with E-state index in [1.807, 2.05) is 6.20 Å². The summed E-state index contributed by atoms with van der Waals surface area (Å²) >= 11 is 1.77. The lowest BCUT2D eigenvalue weighted by molar-refractivity contribution is -0.148. The Morgan fingerprint density at radius 3 is 2.80 bits per heavy atom. The van der Waals surface area contributed by atoms with Crippen LogP contribution in [0.1, 0.15) is 55.3 Å². The highest BCUT2D eigenvalue weighted by atomic mass is 32.1. The number of hydrogen-bond donors (Lipinski definition) is 2. The number of aliphatic imine (C=N–C) groups is 1. The summed E-state index contributed by atoms with van der Waals surface area (Å²) in [6.07, 6.45) is 9.67. The maximum atomic E-state index is 11.8. The topological polar surface area (TPSA) is 75.6 Å². The first-order chi connectivity index (χ1) is 12.2. The first-order valence-corrected chi connectivity index (χ1v) is 10.1. The fourth-order valence-corrected chi connectivity index (χ4v) is 3.69. The van der Waals surface area contributed by atoms with Crippen LogP contribution in [0.2, 0.25) is 0 Å². The number of aromatic nitrogens is 1. The summed E-state index contributed by atoms with van der Waals surface area (Å²) in [5.74, 6) is 0.684. The molecule has 2 N–H and O–H groups in total. The minimum Gasteiger partial charge on any atom is -0.462 e. The van der Waals surface area contributed by atoms with E-state index in [1.54, 1.807) is 18.4 Å². The summed E-state index contributed by atoms with van der Waals surface area (Å²) < 4.78 is 5.45. The van der Waals surface area contributed by atoms with Gasteiger partial charge in [0.1, 0.15) is 6.10 Å². The summed E-state index contributed by atoms with van der Waals surface area (Å²) in [4.78, 5) is 21.7. The number of rotatable bonds is 9. The van der Waals surface area contributed by atoms with E-state index in [9.17, 15) is 4.79 Å². The average Bonchev–Trinajstić information content (AvgIpc) is 3.28. The molecule has 1 saturated carbocycles. The molecule has 1 heterocycles. The maximum Gasteiger partial charge on any atom is 0.306 e. The largest absolute Gasteiger partial charge is 0.462 e. The highest BCUT2D eigenvalue weighted by Gasteiger charge is 2.18. The Morgan fingerprint density at radius 2 is 2.12 bits per heavy atom. The van der Waals surface area contributed by atoms with Crippen LogP contribution in [0.5, 0.6) is 0 Å². The van der Waals surface area contributed by atoms with Gasteiger partial charge in [-0.2, -0.15) is 0 Å². The quantitative estimate of drug-likeness (QED) is 0.304. The average molecular weight is 367 g/mol. The monoisotopic (exact) mass is 366 g/mol. The Morgan fingerprint density at radius 1 is 1.36 bits per heavy atom. The molecule has 6 nitrogen and oxygen atoms in total. The predicted molar refractivity (Wildman–Crippen MR) is 102 cm³/mol. The first kappa shape index (κ1) is 19.7. The van der Waals surface area contributed by atoms with Crippen LogP contribution in [0.25, 0.3) is 0 Å². The van der Waals surface area contributed by atoms with Gasteiger partial charge in [0.25, 0.3) is 0 Å². The highest BCUT2D eigenvalue weighted by Crippen LogP contribution is 2.21. The molecule has 2 rings (SSSR count). The second kappa shape index (κ2) is 11.1. The number of hydrogen-bond acceptors (Lipinski definition) is 5. The second-order valence-corrected chi connectivity index (χ2v) is 7.45. The molecule has 0 saturated heterocycles. The van der Waals surface area contributed by atoms with Gasteiger partial charge in [0.2, 0.25) is 0 Å². The zero-order valence-corrected chi connectivity index (χ0v) is 16.2. The number of esters is 1. The van der Waals surface area contributed by atoms with E-state index in [0.29, 0.717) is 13.0 Å². The van der Waals surface area contributed by atoms with Crippen molar-refractivity contribution < 1.29 is 9.53 Å². The molecule has 0 aliphatic heterocycles. The van der Waals surface area contributed by atoms with Crippen molar-refractivity contribution in [2.24, 2.45) is 4.99 Å². The standard InChI is InChI=1S/C18H30N4O2S/c1-3-15-13-22-16(25-15)10-12-21-18(19-2)20-11-6-9-17(23)24-14-7-4-5-8-14/h13-14H,3-12H2,1-2H3,(H2,19,20,21). The van der Waals surface area contributed by atoms with Crippen LogP contribution in [0, 0.1) is 0 Å². The fourth-order valence-electron chi connectivity index (χ4n) is 2.83. The van der Waals surface area contributed by atoms with Crippen molar-refractivity contribution in [2.45, 2.75) is 64.4 Å². The van der Waals surface area contributed by atoms with Crippen molar-refractivity contribution >= 4 is 23.3 Å². The number of thiazole rings is 1. The zero-order chi connectivity index (χ0) is 17.9. The van der Waals surface area contributed by atoms with Crippen molar-refractivity contribution in [2.75, 3.05) is 20.1 Å². The number of nitrogens with one attached hydrogen (secondary N) is 2. The summed E-state index contributed by atoms with van der Waals surface area (Å²) in [6, 6.07) is 0. The van der Waals surface area contributed by atoms with Crippen molar-refractivity contribution in [3.05, 3.63) is 16.1 Å². The van der Waals surface area contributed by atoms with Crippen molar-refractivity contribution in [3.8, 4) is 0 Å². The van der Waals surface area contributed by atoms with E-state index >= 15 is 0 Å². The van der Waals surface area contributed by atoms with Crippen LogP contribution >= 0.6 is 11.3 Å². The van der Waals surface area contributed by atoms with Gasteiger partial charge in [-0.3, -0.25) is 9.79 Å². The third-order valence-corrected chi connectivity index (χ3v) is 5.46. The maximum absolute atomic E-state index is 11.8. The second-order valence-electron chi connectivity index (χ2n) is 6.25. The van der Waals surface area contributed by atoms with Crippen molar-refractivity contribution in [3.63, 3.8) is 0 Å². The molecule has 1 aromatic heterocycles. The lowest BCUT2D eigenvalue weighted by Crippen LogP contribution is -2.38. The SMILES string of the molecule is CCc1cnc(CCNC(=NC)NCCCC(=O)OC2CCCC2)s1. The van der Waals surface area contributed by atoms with E-state index in [2.05, 4.69) is 27.5 Å². The van der Waals surface area contributed by atoms with Gasteiger partial charge < -0.3 is 15.4 Å². The molecule has 25 heavy (non-hydrogen) atoms. The molecule has 0 bridgehead atoms. The van der Waals surface area contributed by atoms with E-state index in [0.717, 1.165) is 49.6 Å². The predicted octanol–water partition coefficient (Wildman–Crippen LogP) is 2.68. The molecule has 1 aliphatic carbocycles. The summed E-state index contributed by atoms with van der Waals surface area (Å²) in [5.41, 5.74) is 0. The molecule has 140 valence electrons. The third-order valence-electron chi connectivity index (χ3n) is 4.26. The highest BCUT2D eigenvalue weighted by molar-refractivity contribution is 7.11. The van der Waals surface area contributed by atoms with Gasteiger partial charge in [0.05, 0.1) is 5.01 Å². The minimum absolute atomic E-state index is 0.0767. The summed E-state index contributed by atoms with van der Waals surface area (Å²) in [6.45, 7) is 3.64. The van der Waals surface area contributed by atoms with E-state index in [4.69, 9.17) is 4.74 Å². The van der Waals surface area contributed by atoms with Crippen LogP contribution in [0.3, 0.4) is 0 Å². The zero-order valence-electron chi connectivity index (χ0n) is 15.3. The van der Waals surface area contributed by atoms with Crippen LogP contribution in [0.4, 0.5) is 0 Å². The molecule has 7 heteroatoms. The Kier molecular flexibility index (Phi) is 8.72. The molecule has 0 unspecified atom stereocenters. The van der Waals surface area contributed by atoms with Gasteiger partial charge in [0, 0.05) is 44.1 Å². The summed E-state index contributed by atoms with van der Waals surface area (Å²) in [7, 11) is 1.75. The van der Waals surface area contributed by atoms with Gasteiger partial charge in [0.15, 0.2) is 5.96 Å². The molecule has 0 atom stereocenters. The minimum atomic E-state index is -0.0767. The lowest BCUT2D eigenvalue weighted by atomic mass is 10.3. The van der Waals surface area contributed by atoms with Gasteiger partial charge >= 0.3 is 5.97 Å². The number of guanidine groups is 1. The summed E-state index contributed by atoms with van der Waals surface area (Å²) in [5, 5.41) is 7.66. The number of carbonyl (C=O) groups is 1. The molecule has 0 aromatic carbocycles. The molecule has 0 radical (unpaired) electrons. The van der Waals surface area contributed by atoms with Crippen molar-refractivity contribution in [1.29, 1.82) is 0 Å². The van der Waals surface area contributed by atoms with Gasteiger partial charge in [-0.15, -0.1) is 11.3 Å². The number of aryl methyl sites for hydroxylation is 1. The van der Waals surface area contributed by atoms with E-state index in [1.165, 1.54) is 17.7 Å². The number of ether oxygens (including phenoxy) is 1. The van der Waals surface area contributed by atoms with Crippen LogP contribution in [-0.2, 0) is 22.4 Å². The normalized spacial score (nSPS) is 15.4. The van der Waals surface area contributed by atoms with E-state index < -0.39 is 0 Å². The molecule has 0 amide bonds. The molecule has 1 fully saturated rings. The van der Waals surface area contributed by atoms with Gasteiger partial charge in [-0.05, 0) is 38.5 Å². The smallest absolute Gasteiger partial charge is 0.306 e. The molecular formula is C18H30N4O2S. The molecular weight excluding hydrogens is 336 g/mol.